The van der Waals surface area contributed by atoms with Gasteiger partial charge in [0, 0.05) is 28.4 Å². The molecule has 4 aromatic rings. The van der Waals surface area contributed by atoms with E-state index >= 15 is 0 Å². The summed E-state index contributed by atoms with van der Waals surface area (Å²) >= 11 is 1.42. The third-order valence-electron chi connectivity index (χ3n) is 4.85. The summed E-state index contributed by atoms with van der Waals surface area (Å²) in [5, 5.41) is 17.5. The molecule has 0 spiro atoms. The van der Waals surface area contributed by atoms with Crippen molar-refractivity contribution in [2.45, 2.75) is 12.8 Å². The molecule has 4 rings (SSSR count). The van der Waals surface area contributed by atoms with Crippen molar-refractivity contribution in [3.63, 3.8) is 0 Å². The van der Waals surface area contributed by atoms with Crippen LogP contribution < -0.4 is 10.9 Å². The Balaban J connectivity index is 0.00000210. The number of H-pyrrole nitrogens is 1. The Hall–Kier alpha value is -2.34. The second kappa shape index (κ2) is 7.72. The van der Waals surface area contributed by atoms with Crippen molar-refractivity contribution in [3.8, 4) is 16.9 Å². The molecule has 1 atom stereocenters. The average molecular weight is 401 g/mol. The van der Waals surface area contributed by atoms with Crippen molar-refractivity contribution in [1.29, 1.82) is 0 Å². The maximum absolute atomic E-state index is 12.3. The lowest BCUT2D eigenvalue weighted by Gasteiger charge is -2.14. The molecule has 2 heterocycles. The Labute approximate surface area is 167 Å². The topological polar surface area (TPSA) is 65.1 Å². The number of aromatic nitrogens is 1. The van der Waals surface area contributed by atoms with E-state index in [0.717, 1.165) is 34.0 Å². The molecule has 0 saturated heterocycles. The van der Waals surface area contributed by atoms with Crippen LogP contribution in [-0.2, 0) is 0 Å². The Morgan fingerprint density at radius 3 is 2.59 bits per heavy atom. The predicted octanol–water partition coefficient (Wildman–Crippen LogP) is 4.86. The quantitative estimate of drug-likeness (QED) is 0.458. The van der Waals surface area contributed by atoms with Gasteiger partial charge in [-0.15, -0.1) is 23.7 Å². The summed E-state index contributed by atoms with van der Waals surface area (Å²) in [5.41, 5.74) is 3.59. The Morgan fingerprint density at radius 1 is 1.15 bits per heavy atom. The van der Waals surface area contributed by atoms with Crippen LogP contribution in [0.25, 0.3) is 32.1 Å². The summed E-state index contributed by atoms with van der Waals surface area (Å²) in [4.78, 5) is 15.2. The number of benzene rings is 2. The number of pyridine rings is 1. The molecule has 0 bridgehead atoms. The fourth-order valence-electron chi connectivity index (χ4n) is 3.53. The molecule has 140 valence electrons. The molecular weight excluding hydrogens is 380 g/mol. The van der Waals surface area contributed by atoms with Crippen LogP contribution in [0.3, 0.4) is 0 Å². The first-order chi connectivity index (χ1) is 12.6. The molecule has 0 saturated carbocycles. The summed E-state index contributed by atoms with van der Waals surface area (Å²) in [5.74, 6) is 0.628. The van der Waals surface area contributed by atoms with E-state index in [2.05, 4.69) is 29.4 Å². The van der Waals surface area contributed by atoms with Gasteiger partial charge in [0.15, 0.2) is 0 Å². The Bertz CT molecular complexity index is 1150. The largest absolute Gasteiger partial charge is 0.507 e. The minimum absolute atomic E-state index is 0. The van der Waals surface area contributed by atoms with E-state index < -0.39 is 0 Å². The maximum Gasteiger partial charge on any atom is 0.266 e. The van der Waals surface area contributed by atoms with Crippen molar-refractivity contribution in [3.05, 3.63) is 63.8 Å². The van der Waals surface area contributed by atoms with Gasteiger partial charge in [0.05, 0.1) is 0 Å². The van der Waals surface area contributed by atoms with Gasteiger partial charge in [-0.3, -0.25) is 4.79 Å². The number of rotatable bonds is 4. The zero-order valence-electron chi connectivity index (χ0n) is 15.1. The number of phenols is 1. The fraction of sp³-hybridized carbons (Fsp3) is 0.190. The fourth-order valence-corrected chi connectivity index (χ4v) is 4.33. The normalized spacial score (nSPS) is 12.2. The first kappa shape index (κ1) is 19.4. The van der Waals surface area contributed by atoms with Crippen molar-refractivity contribution in [2.24, 2.45) is 0 Å². The number of fused-ring (bicyclic) bond motifs is 3. The molecule has 0 amide bonds. The predicted molar refractivity (Wildman–Crippen MR) is 117 cm³/mol. The standard InChI is InChI=1S/C21H20N2O2S.ClH/c1-12(11-22-2)13-3-5-14(6-4-13)18-17(24)8-7-16-19(18)15-9-10-26-20(15)21(25)23-16;/h3-10,12,22,24H,11H2,1-2H3,(H,23,25);1H. The molecule has 2 aromatic heterocycles. The monoisotopic (exact) mass is 400 g/mol. The third kappa shape index (κ3) is 3.34. The maximum atomic E-state index is 12.3. The van der Waals surface area contributed by atoms with E-state index in [1.54, 1.807) is 12.1 Å². The number of phenolic OH excluding ortho intramolecular Hbond substituents is 1. The van der Waals surface area contributed by atoms with Gasteiger partial charge in [0.2, 0.25) is 0 Å². The highest BCUT2D eigenvalue weighted by Gasteiger charge is 2.15. The van der Waals surface area contributed by atoms with E-state index in [-0.39, 0.29) is 23.7 Å². The van der Waals surface area contributed by atoms with Gasteiger partial charge in [0.25, 0.3) is 5.56 Å². The van der Waals surface area contributed by atoms with E-state index in [1.807, 2.05) is 30.6 Å². The van der Waals surface area contributed by atoms with Crippen LogP contribution in [0.1, 0.15) is 18.4 Å². The number of hydrogen-bond donors (Lipinski definition) is 3. The van der Waals surface area contributed by atoms with Crippen LogP contribution >= 0.6 is 23.7 Å². The molecule has 0 aliphatic rings. The zero-order valence-corrected chi connectivity index (χ0v) is 16.7. The lowest BCUT2D eigenvalue weighted by atomic mass is 9.94. The van der Waals surface area contributed by atoms with Crippen molar-refractivity contribution in [2.75, 3.05) is 13.6 Å². The van der Waals surface area contributed by atoms with Crippen molar-refractivity contribution in [1.82, 2.24) is 10.3 Å². The van der Waals surface area contributed by atoms with E-state index in [1.165, 1.54) is 16.9 Å². The van der Waals surface area contributed by atoms with E-state index in [0.29, 0.717) is 10.6 Å². The molecule has 0 radical (unpaired) electrons. The summed E-state index contributed by atoms with van der Waals surface area (Å²) in [7, 11) is 1.95. The Morgan fingerprint density at radius 2 is 1.89 bits per heavy atom. The first-order valence-electron chi connectivity index (χ1n) is 8.60. The van der Waals surface area contributed by atoms with Crippen LogP contribution in [0, 0.1) is 0 Å². The first-order valence-corrected chi connectivity index (χ1v) is 9.48. The summed E-state index contributed by atoms with van der Waals surface area (Å²) in [6, 6.07) is 13.6. The third-order valence-corrected chi connectivity index (χ3v) is 5.76. The number of nitrogens with one attached hydrogen (secondary N) is 2. The lowest BCUT2D eigenvalue weighted by Crippen LogP contribution is -2.14. The minimum Gasteiger partial charge on any atom is -0.507 e. The smallest absolute Gasteiger partial charge is 0.266 e. The SMILES string of the molecule is CNCC(C)c1ccc(-c2c(O)ccc3[nH]c(=O)c4sccc4c23)cc1.Cl. The van der Waals surface area contributed by atoms with Gasteiger partial charge in [-0.1, -0.05) is 31.2 Å². The summed E-state index contributed by atoms with van der Waals surface area (Å²) < 4.78 is 0.684. The molecule has 27 heavy (non-hydrogen) atoms. The highest BCUT2D eigenvalue weighted by molar-refractivity contribution is 7.17. The second-order valence-electron chi connectivity index (χ2n) is 6.58. The van der Waals surface area contributed by atoms with Crippen LogP contribution in [0.5, 0.6) is 5.75 Å². The van der Waals surface area contributed by atoms with Gasteiger partial charge in [-0.05, 0) is 47.7 Å². The molecular formula is C21H21ClN2O2S. The molecule has 6 heteroatoms. The van der Waals surface area contributed by atoms with Crippen molar-refractivity contribution < 1.29 is 5.11 Å². The number of aromatic amines is 1. The number of hydrogen-bond acceptors (Lipinski definition) is 4. The van der Waals surface area contributed by atoms with Crippen LogP contribution in [0.2, 0.25) is 0 Å². The number of likely N-dealkylation sites (N-methyl/N-ethyl adjacent to an activating group) is 1. The van der Waals surface area contributed by atoms with Crippen LogP contribution in [0.4, 0.5) is 0 Å². The van der Waals surface area contributed by atoms with Crippen LogP contribution in [-0.4, -0.2) is 23.7 Å². The average Bonchev–Trinajstić information content (AvgIpc) is 3.13. The second-order valence-corrected chi connectivity index (χ2v) is 7.50. The molecule has 2 aromatic carbocycles. The number of halogens is 1. The summed E-state index contributed by atoms with van der Waals surface area (Å²) in [6.07, 6.45) is 0. The molecule has 1 unspecified atom stereocenters. The number of thiophene rings is 1. The molecule has 0 fully saturated rings. The van der Waals surface area contributed by atoms with Gasteiger partial charge in [0.1, 0.15) is 10.4 Å². The minimum atomic E-state index is -0.0876. The lowest BCUT2D eigenvalue weighted by molar-refractivity contribution is 0.478. The molecule has 0 aliphatic carbocycles. The van der Waals surface area contributed by atoms with E-state index in [4.69, 9.17) is 0 Å². The summed E-state index contributed by atoms with van der Waals surface area (Å²) in [6.45, 7) is 3.09. The van der Waals surface area contributed by atoms with E-state index in [9.17, 15) is 9.90 Å². The van der Waals surface area contributed by atoms with Crippen LogP contribution in [0.15, 0.2) is 52.6 Å². The van der Waals surface area contributed by atoms with Gasteiger partial charge in [-0.25, -0.2) is 0 Å². The number of aromatic hydroxyl groups is 1. The molecule has 0 aliphatic heterocycles. The van der Waals surface area contributed by atoms with Gasteiger partial charge >= 0.3 is 0 Å². The highest BCUT2D eigenvalue weighted by atomic mass is 35.5. The Kier molecular flexibility index (Phi) is 5.56. The molecule has 3 N–H and O–H groups in total. The van der Waals surface area contributed by atoms with Crippen molar-refractivity contribution >= 4 is 44.7 Å². The van der Waals surface area contributed by atoms with Gasteiger partial charge < -0.3 is 15.4 Å². The molecule has 4 nitrogen and oxygen atoms in total. The zero-order chi connectivity index (χ0) is 18.3. The highest BCUT2D eigenvalue weighted by Crippen LogP contribution is 2.39. The van der Waals surface area contributed by atoms with Gasteiger partial charge in [-0.2, -0.15) is 0 Å².